The van der Waals surface area contributed by atoms with Gasteiger partial charge in [0.05, 0.1) is 16.3 Å². The van der Waals surface area contributed by atoms with E-state index in [9.17, 15) is 9.59 Å². The van der Waals surface area contributed by atoms with Crippen LogP contribution in [-0.4, -0.2) is 27.1 Å². The average molecular weight is 321 g/mol. The third kappa shape index (κ3) is 3.35. The smallest absolute Gasteiger partial charge is 0.328 e. The molecular formula is C15H13ClN2O4. The minimum absolute atomic E-state index is 0.272. The van der Waals surface area contributed by atoms with Gasteiger partial charge in [-0.25, -0.2) is 9.48 Å². The van der Waals surface area contributed by atoms with Crippen LogP contribution >= 0.6 is 11.6 Å². The van der Waals surface area contributed by atoms with Gasteiger partial charge in [0.15, 0.2) is 6.29 Å². The van der Waals surface area contributed by atoms with Gasteiger partial charge in [0.2, 0.25) is 5.88 Å². The van der Waals surface area contributed by atoms with E-state index in [-0.39, 0.29) is 5.88 Å². The van der Waals surface area contributed by atoms with Crippen molar-refractivity contribution in [3.05, 3.63) is 46.1 Å². The second-order valence-corrected chi connectivity index (χ2v) is 4.92. The van der Waals surface area contributed by atoms with Crippen molar-refractivity contribution in [1.82, 2.24) is 9.78 Å². The lowest BCUT2D eigenvalue weighted by molar-refractivity contribution is -0.131. The number of hydrogen-bond donors (Lipinski definition) is 1. The lowest BCUT2D eigenvalue weighted by atomic mass is 10.2. The number of benzene rings is 1. The number of aryl methyl sites for hydroxylation is 2. The van der Waals surface area contributed by atoms with Gasteiger partial charge in [0, 0.05) is 13.1 Å². The van der Waals surface area contributed by atoms with E-state index in [4.69, 9.17) is 21.4 Å². The Morgan fingerprint density at radius 3 is 2.82 bits per heavy atom. The van der Waals surface area contributed by atoms with Gasteiger partial charge in [0.25, 0.3) is 0 Å². The zero-order valence-corrected chi connectivity index (χ0v) is 12.7. The highest BCUT2D eigenvalue weighted by Gasteiger charge is 2.16. The minimum atomic E-state index is -1.05. The second kappa shape index (κ2) is 6.44. The molecule has 0 aliphatic carbocycles. The maximum atomic E-state index is 11.1. The van der Waals surface area contributed by atoms with Crippen LogP contribution in [0.15, 0.2) is 24.3 Å². The standard InChI is InChI=1S/C15H13ClN2O4/c1-9-11(8-19)15(18(2)17-9)22-13-7-10(3-5-12(13)16)4-6-14(20)21/h3-8H,1-2H3,(H,20,21). The molecule has 0 fully saturated rings. The van der Waals surface area contributed by atoms with Gasteiger partial charge < -0.3 is 9.84 Å². The summed E-state index contributed by atoms with van der Waals surface area (Å²) in [6, 6.07) is 4.82. The molecular weight excluding hydrogens is 308 g/mol. The first-order chi connectivity index (χ1) is 10.4. The monoisotopic (exact) mass is 320 g/mol. The number of carbonyl (C=O) groups is 2. The van der Waals surface area contributed by atoms with Crippen molar-refractivity contribution in [3.8, 4) is 11.6 Å². The van der Waals surface area contributed by atoms with Crippen LogP contribution in [0.3, 0.4) is 0 Å². The summed E-state index contributed by atoms with van der Waals surface area (Å²) in [5.41, 5.74) is 1.49. The molecule has 1 heterocycles. The van der Waals surface area contributed by atoms with E-state index in [1.165, 1.54) is 10.8 Å². The Morgan fingerprint density at radius 1 is 1.45 bits per heavy atom. The van der Waals surface area contributed by atoms with Gasteiger partial charge in [-0.05, 0) is 30.7 Å². The molecule has 0 amide bonds. The van der Waals surface area contributed by atoms with Gasteiger partial charge in [0.1, 0.15) is 5.75 Å². The molecule has 2 aromatic rings. The zero-order chi connectivity index (χ0) is 16.3. The number of halogens is 1. The van der Waals surface area contributed by atoms with Gasteiger partial charge >= 0.3 is 5.97 Å². The van der Waals surface area contributed by atoms with E-state index in [0.717, 1.165) is 6.08 Å². The summed E-state index contributed by atoms with van der Waals surface area (Å²) in [6.45, 7) is 1.70. The first kappa shape index (κ1) is 15.8. The molecule has 1 aromatic carbocycles. The van der Waals surface area contributed by atoms with E-state index < -0.39 is 5.97 Å². The highest BCUT2D eigenvalue weighted by atomic mass is 35.5. The molecule has 0 atom stereocenters. The van der Waals surface area contributed by atoms with Crippen molar-refractivity contribution in [2.75, 3.05) is 0 Å². The number of nitrogens with zero attached hydrogens (tertiary/aromatic N) is 2. The average Bonchev–Trinajstić information content (AvgIpc) is 2.73. The van der Waals surface area contributed by atoms with Crippen LogP contribution < -0.4 is 4.74 Å². The molecule has 7 heteroatoms. The molecule has 0 spiro atoms. The highest BCUT2D eigenvalue weighted by Crippen LogP contribution is 2.32. The largest absolute Gasteiger partial charge is 0.478 e. The van der Waals surface area contributed by atoms with Crippen LogP contribution in [0.2, 0.25) is 5.02 Å². The van der Waals surface area contributed by atoms with Crippen LogP contribution in [0.4, 0.5) is 0 Å². The second-order valence-electron chi connectivity index (χ2n) is 4.51. The van der Waals surface area contributed by atoms with E-state index in [1.807, 2.05) is 0 Å². The third-order valence-electron chi connectivity index (χ3n) is 2.91. The van der Waals surface area contributed by atoms with Crippen LogP contribution in [0.25, 0.3) is 6.08 Å². The zero-order valence-electron chi connectivity index (χ0n) is 11.9. The summed E-state index contributed by atoms with van der Waals surface area (Å²) in [6.07, 6.45) is 3.10. The van der Waals surface area contributed by atoms with E-state index in [0.29, 0.717) is 33.9 Å². The van der Waals surface area contributed by atoms with Crippen molar-refractivity contribution < 1.29 is 19.4 Å². The SMILES string of the molecule is Cc1nn(C)c(Oc2cc(C=CC(=O)O)ccc2Cl)c1C=O. The number of carbonyl (C=O) groups excluding carboxylic acids is 1. The summed E-state index contributed by atoms with van der Waals surface area (Å²) < 4.78 is 7.13. The molecule has 114 valence electrons. The Labute approximate surface area is 131 Å². The van der Waals surface area contributed by atoms with E-state index in [2.05, 4.69) is 5.10 Å². The Morgan fingerprint density at radius 2 is 2.18 bits per heavy atom. The molecule has 0 aliphatic rings. The molecule has 0 saturated heterocycles. The normalized spacial score (nSPS) is 10.9. The van der Waals surface area contributed by atoms with Crippen molar-refractivity contribution in [2.45, 2.75) is 6.92 Å². The van der Waals surface area contributed by atoms with Crippen LogP contribution in [0, 0.1) is 6.92 Å². The van der Waals surface area contributed by atoms with E-state index >= 15 is 0 Å². The van der Waals surface area contributed by atoms with Crippen molar-refractivity contribution in [1.29, 1.82) is 0 Å². The Bertz CT molecular complexity index is 765. The molecule has 0 unspecified atom stereocenters. The first-order valence-electron chi connectivity index (χ1n) is 6.29. The Balaban J connectivity index is 2.39. The topological polar surface area (TPSA) is 81.4 Å². The summed E-state index contributed by atoms with van der Waals surface area (Å²) in [7, 11) is 1.65. The maximum absolute atomic E-state index is 11.1. The minimum Gasteiger partial charge on any atom is -0.478 e. The predicted octanol–water partition coefficient (Wildman–Crippen LogP) is 3.08. The van der Waals surface area contributed by atoms with Crippen molar-refractivity contribution in [2.24, 2.45) is 7.05 Å². The lowest BCUT2D eigenvalue weighted by Gasteiger charge is -2.09. The molecule has 6 nitrogen and oxygen atoms in total. The number of carboxylic acid groups (broad SMARTS) is 1. The molecule has 0 aliphatic heterocycles. The number of aldehydes is 1. The molecule has 0 radical (unpaired) electrons. The summed E-state index contributed by atoms with van der Waals surface area (Å²) in [5, 5.41) is 13.1. The van der Waals surface area contributed by atoms with Crippen LogP contribution in [0.1, 0.15) is 21.6 Å². The fourth-order valence-electron chi connectivity index (χ4n) is 1.88. The number of aromatic nitrogens is 2. The summed E-state index contributed by atoms with van der Waals surface area (Å²) >= 11 is 6.08. The molecule has 1 aromatic heterocycles. The summed E-state index contributed by atoms with van der Waals surface area (Å²) in [5.74, 6) is -0.475. The Hall–Kier alpha value is -2.60. The fourth-order valence-corrected chi connectivity index (χ4v) is 2.04. The number of aliphatic carboxylic acids is 1. The number of carboxylic acids is 1. The maximum Gasteiger partial charge on any atom is 0.328 e. The molecule has 2 rings (SSSR count). The quantitative estimate of drug-likeness (QED) is 0.676. The lowest BCUT2D eigenvalue weighted by Crippen LogP contribution is -1.97. The molecule has 0 bridgehead atoms. The van der Waals surface area contributed by atoms with Crippen molar-refractivity contribution in [3.63, 3.8) is 0 Å². The molecule has 22 heavy (non-hydrogen) atoms. The van der Waals surface area contributed by atoms with E-state index in [1.54, 1.807) is 32.2 Å². The van der Waals surface area contributed by atoms with Gasteiger partial charge in [-0.2, -0.15) is 5.10 Å². The van der Waals surface area contributed by atoms with Gasteiger partial charge in [-0.1, -0.05) is 17.7 Å². The summed E-state index contributed by atoms with van der Waals surface area (Å²) in [4.78, 5) is 21.7. The fraction of sp³-hybridized carbons (Fsp3) is 0.133. The highest BCUT2D eigenvalue weighted by molar-refractivity contribution is 6.32. The molecule has 1 N–H and O–H groups in total. The van der Waals surface area contributed by atoms with Crippen LogP contribution in [0.5, 0.6) is 11.6 Å². The predicted molar refractivity (Wildman–Crippen MR) is 81.5 cm³/mol. The third-order valence-corrected chi connectivity index (χ3v) is 3.22. The van der Waals surface area contributed by atoms with Crippen molar-refractivity contribution >= 4 is 29.9 Å². The Kier molecular flexibility index (Phi) is 4.62. The van der Waals surface area contributed by atoms with Crippen LogP contribution in [-0.2, 0) is 11.8 Å². The van der Waals surface area contributed by atoms with Gasteiger partial charge in [-0.3, -0.25) is 4.79 Å². The number of rotatable bonds is 5. The first-order valence-corrected chi connectivity index (χ1v) is 6.67. The number of hydrogen-bond acceptors (Lipinski definition) is 4. The van der Waals surface area contributed by atoms with Gasteiger partial charge in [-0.15, -0.1) is 0 Å². The molecule has 0 saturated carbocycles. The number of ether oxygens (including phenoxy) is 1.